The predicted molar refractivity (Wildman–Crippen MR) is 64.2 cm³/mol. The van der Waals surface area contributed by atoms with E-state index in [4.69, 9.17) is 0 Å². The van der Waals surface area contributed by atoms with Crippen molar-refractivity contribution in [2.75, 3.05) is 45.8 Å². The van der Waals surface area contributed by atoms with Gasteiger partial charge in [-0.2, -0.15) is 0 Å². The second-order valence-electron chi connectivity index (χ2n) is 5.33. The third kappa shape index (κ3) is 2.74. The summed E-state index contributed by atoms with van der Waals surface area (Å²) in [6.07, 6.45) is 0. The lowest BCUT2D eigenvalue weighted by Crippen LogP contribution is -2.56. The van der Waals surface area contributed by atoms with Crippen LogP contribution in [-0.2, 0) is 4.79 Å². The zero-order valence-electron chi connectivity index (χ0n) is 10.4. The van der Waals surface area contributed by atoms with Gasteiger partial charge in [0.2, 0.25) is 5.91 Å². The molecule has 0 aromatic heterocycles. The summed E-state index contributed by atoms with van der Waals surface area (Å²) in [5.74, 6) is 1.76. The highest BCUT2D eigenvalue weighted by Crippen LogP contribution is 2.23. The largest absolute Gasteiger partial charge is 0.341 e. The fourth-order valence-corrected chi connectivity index (χ4v) is 2.30. The van der Waals surface area contributed by atoms with Gasteiger partial charge in [0, 0.05) is 39.3 Å². The molecule has 2 aliphatic heterocycles. The number of piperazine rings is 1. The number of amides is 1. The third-order valence-corrected chi connectivity index (χ3v) is 3.77. The van der Waals surface area contributed by atoms with Crippen molar-refractivity contribution in [3.05, 3.63) is 0 Å². The normalized spacial score (nSPS) is 23.6. The molecular formula is C12H23N3O. The number of nitrogens with one attached hydrogen (secondary N) is 1. The van der Waals surface area contributed by atoms with Crippen molar-refractivity contribution in [1.82, 2.24) is 15.1 Å². The Balaban J connectivity index is 1.69. The molecule has 4 nitrogen and oxygen atoms in total. The molecule has 0 spiro atoms. The number of carbonyl (C=O) groups excluding carboxylic acids is 1. The molecule has 2 rings (SSSR count). The zero-order chi connectivity index (χ0) is 11.5. The summed E-state index contributed by atoms with van der Waals surface area (Å²) < 4.78 is 0. The summed E-state index contributed by atoms with van der Waals surface area (Å²) in [6, 6.07) is 0. The monoisotopic (exact) mass is 225 g/mol. The Morgan fingerprint density at radius 2 is 1.94 bits per heavy atom. The van der Waals surface area contributed by atoms with Crippen molar-refractivity contribution in [2.24, 2.45) is 11.8 Å². The summed E-state index contributed by atoms with van der Waals surface area (Å²) in [7, 11) is 0. The first kappa shape index (κ1) is 11.9. The Labute approximate surface area is 98.0 Å². The standard InChI is InChI=1S/C12H23N3O/c1-10(2)11-7-15(8-11)12(16)9-14-5-3-13-4-6-14/h10-11,13H,3-9H2,1-2H3. The van der Waals surface area contributed by atoms with Crippen LogP contribution in [-0.4, -0.2) is 61.5 Å². The minimum Gasteiger partial charge on any atom is -0.341 e. The first-order chi connectivity index (χ1) is 7.66. The van der Waals surface area contributed by atoms with Gasteiger partial charge in [0.15, 0.2) is 0 Å². The van der Waals surface area contributed by atoms with Crippen LogP contribution in [0.25, 0.3) is 0 Å². The van der Waals surface area contributed by atoms with Crippen molar-refractivity contribution in [3.8, 4) is 0 Å². The number of hydrogen-bond acceptors (Lipinski definition) is 3. The van der Waals surface area contributed by atoms with Crippen molar-refractivity contribution in [1.29, 1.82) is 0 Å². The number of rotatable bonds is 3. The molecule has 2 saturated heterocycles. The molecule has 0 aromatic carbocycles. The van der Waals surface area contributed by atoms with Gasteiger partial charge in [-0.05, 0) is 11.8 Å². The van der Waals surface area contributed by atoms with Crippen LogP contribution in [0.5, 0.6) is 0 Å². The molecule has 0 radical (unpaired) electrons. The van der Waals surface area contributed by atoms with Gasteiger partial charge in [-0.25, -0.2) is 0 Å². The molecule has 2 fully saturated rings. The Morgan fingerprint density at radius 1 is 1.31 bits per heavy atom. The average molecular weight is 225 g/mol. The number of carbonyl (C=O) groups is 1. The SMILES string of the molecule is CC(C)C1CN(C(=O)CN2CCNCC2)C1. The van der Waals surface area contributed by atoms with E-state index >= 15 is 0 Å². The lowest BCUT2D eigenvalue weighted by Gasteiger charge is -2.42. The summed E-state index contributed by atoms with van der Waals surface area (Å²) in [6.45, 7) is 11.1. The first-order valence-corrected chi connectivity index (χ1v) is 6.37. The Bertz CT molecular complexity index is 243. The van der Waals surface area contributed by atoms with Gasteiger partial charge in [-0.15, -0.1) is 0 Å². The van der Waals surface area contributed by atoms with E-state index < -0.39 is 0 Å². The lowest BCUT2D eigenvalue weighted by molar-refractivity contribution is -0.139. The first-order valence-electron chi connectivity index (χ1n) is 6.37. The summed E-state index contributed by atoms with van der Waals surface area (Å²) in [5, 5.41) is 3.30. The molecule has 4 heteroatoms. The molecule has 92 valence electrons. The van der Waals surface area contributed by atoms with E-state index in [1.54, 1.807) is 0 Å². The van der Waals surface area contributed by atoms with Gasteiger partial charge < -0.3 is 10.2 Å². The van der Waals surface area contributed by atoms with Crippen LogP contribution in [0, 0.1) is 11.8 Å². The maximum Gasteiger partial charge on any atom is 0.236 e. The summed E-state index contributed by atoms with van der Waals surface area (Å²) >= 11 is 0. The molecule has 1 amide bonds. The van der Waals surface area contributed by atoms with Gasteiger partial charge >= 0.3 is 0 Å². The lowest BCUT2D eigenvalue weighted by atomic mass is 9.88. The molecule has 16 heavy (non-hydrogen) atoms. The smallest absolute Gasteiger partial charge is 0.236 e. The average Bonchev–Trinajstić information content (AvgIpc) is 2.15. The molecule has 0 atom stereocenters. The van der Waals surface area contributed by atoms with Crippen LogP contribution >= 0.6 is 0 Å². The van der Waals surface area contributed by atoms with Crippen molar-refractivity contribution >= 4 is 5.91 Å². The van der Waals surface area contributed by atoms with Crippen LogP contribution in [0.2, 0.25) is 0 Å². The highest BCUT2D eigenvalue weighted by Gasteiger charge is 2.32. The van der Waals surface area contributed by atoms with E-state index in [0.29, 0.717) is 18.4 Å². The molecule has 0 bridgehead atoms. The number of hydrogen-bond donors (Lipinski definition) is 1. The molecule has 0 aliphatic carbocycles. The zero-order valence-corrected chi connectivity index (χ0v) is 10.4. The van der Waals surface area contributed by atoms with E-state index in [-0.39, 0.29) is 0 Å². The van der Waals surface area contributed by atoms with Gasteiger partial charge in [-0.3, -0.25) is 9.69 Å². The van der Waals surface area contributed by atoms with Crippen LogP contribution in [0.15, 0.2) is 0 Å². The quantitative estimate of drug-likeness (QED) is 0.735. The van der Waals surface area contributed by atoms with Gasteiger partial charge in [-0.1, -0.05) is 13.8 Å². The van der Waals surface area contributed by atoms with E-state index in [9.17, 15) is 4.79 Å². The second-order valence-corrected chi connectivity index (χ2v) is 5.33. The van der Waals surface area contributed by atoms with Crippen molar-refractivity contribution in [2.45, 2.75) is 13.8 Å². The van der Waals surface area contributed by atoms with Crippen LogP contribution in [0.4, 0.5) is 0 Å². The number of nitrogens with zero attached hydrogens (tertiary/aromatic N) is 2. The maximum atomic E-state index is 11.9. The van der Waals surface area contributed by atoms with Crippen molar-refractivity contribution < 1.29 is 4.79 Å². The summed E-state index contributed by atoms with van der Waals surface area (Å²) in [5.41, 5.74) is 0. The van der Waals surface area contributed by atoms with E-state index in [0.717, 1.165) is 45.2 Å². The highest BCUT2D eigenvalue weighted by molar-refractivity contribution is 5.79. The van der Waals surface area contributed by atoms with Crippen LogP contribution < -0.4 is 5.32 Å². The number of likely N-dealkylation sites (tertiary alicyclic amines) is 1. The third-order valence-electron chi connectivity index (χ3n) is 3.77. The Kier molecular flexibility index (Phi) is 3.82. The molecule has 0 saturated carbocycles. The fourth-order valence-electron chi connectivity index (χ4n) is 2.30. The van der Waals surface area contributed by atoms with E-state index in [1.807, 2.05) is 4.90 Å². The van der Waals surface area contributed by atoms with Crippen molar-refractivity contribution in [3.63, 3.8) is 0 Å². The fraction of sp³-hybridized carbons (Fsp3) is 0.917. The van der Waals surface area contributed by atoms with Gasteiger partial charge in [0.1, 0.15) is 0 Å². The maximum absolute atomic E-state index is 11.9. The Morgan fingerprint density at radius 3 is 2.50 bits per heavy atom. The van der Waals surface area contributed by atoms with Gasteiger partial charge in [0.05, 0.1) is 6.54 Å². The summed E-state index contributed by atoms with van der Waals surface area (Å²) in [4.78, 5) is 16.2. The van der Waals surface area contributed by atoms with Crippen LogP contribution in [0.1, 0.15) is 13.8 Å². The van der Waals surface area contributed by atoms with E-state index in [1.165, 1.54) is 0 Å². The van der Waals surface area contributed by atoms with Crippen LogP contribution in [0.3, 0.4) is 0 Å². The Hall–Kier alpha value is -0.610. The topological polar surface area (TPSA) is 35.6 Å². The van der Waals surface area contributed by atoms with Gasteiger partial charge in [0.25, 0.3) is 0 Å². The van der Waals surface area contributed by atoms with E-state index in [2.05, 4.69) is 24.1 Å². The predicted octanol–water partition coefficient (Wildman–Crippen LogP) is 0.00600. The molecule has 1 N–H and O–H groups in total. The highest BCUT2D eigenvalue weighted by atomic mass is 16.2. The molecule has 2 heterocycles. The second kappa shape index (κ2) is 5.15. The minimum absolute atomic E-state index is 0.318. The molecular weight excluding hydrogens is 202 g/mol. The minimum atomic E-state index is 0.318. The molecule has 0 unspecified atom stereocenters. The molecule has 0 aromatic rings. The molecule has 2 aliphatic rings.